The lowest BCUT2D eigenvalue weighted by Crippen LogP contribution is -2.51. The quantitative estimate of drug-likeness (QED) is 0.707. The second-order valence-electron chi connectivity index (χ2n) is 7.35. The van der Waals surface area contributed by atoms with Gasteiger partial charge in [-0.1, -0.05) is 0 Å². The predicted molar refractivity (Wildman–Crippen MR) is 102 cm³/mol. The number of urea groups is 1. The maximum Gasteiger partial charge on any atom is 0.317 e. The lowest BCUT2D eigenvalue weighted by atomic mass is 10.1. The van der Waals surface area contributed by atoms with E-state index in [-0.39, 0.29) is 11.9 Å². The van der Waals surface area contributed by atoms with Crippen LogP contribution in [0.15, 0.2) is 24.3 Å². The van der Waals surface area contributed by atoms with Gasteiger partial charge in [0, 0.05) is 25.2 Å². The number of nitrogens with one attached hydrogen (secondary N) is 2. The van der Waals surface area contributed by atoms with Crippen LogP contribution in [0.1, 0.15) is 43.0 Å². The molecule has 2 fully saturated rings. The smallest absolute Gasteiger partial charge is 0.317 e. The van der Waals surface area contributed by atoms with Crippen molar-refractivity contribution in [1.29, 1.82) is 0 Å². The number of benzene rings is 1. The second kappa shape index (κ2) is 9.08. The van der Waals surface area contributed by atoms with Crippen molar-refractivity contribution in [2.75, 3.05) is 26.2 Å². The van der Waals surface area contributed by atoms with Crippen LogP contribution in [0, 0.1) is 5.92 Å². The molecule has 148 valence electrons. The van der Waals surface area contributed by atoms with E-state index in [1.807, 2.05) is 6.92 Å². The van der Waals surface area contributed by atoms with Crippen molar-refractivity contribution in [2.24, 2.45) is 5.92 Å². The molecule has 1 aliphatic carbocycles. The summed E-state index contributed by atoms with van der Waals surface area (Å²) in [4.78, 5) is 26.3. The molecule has 2 atom stereocenters. The number of rotatable bonds is 6. The van der Waals surface area contributed by atoms with Gasteiger partial charge >= 0.3 is 6.03 Å². The summed E-state index contributed by atoms with van der Waals surface area (Å²) in [5, 5.41) is 16.0. The Labute approximate surface area is 160 Å². The minimum Gasteiger partial charge on any atom is -0.493 e. The molecule has 2 aliphatic rings. The Hall–Kier alpha value is -2.28. The van der Waals surface area contributed by atoms with Gasteiger partial charge in [0.05, 0.1) is 18.8 Å². The van der Waals surface area contributed by atoms with Gasteiger partial charge in [0.1, 0.15) is 5.75 Å². The van der Waals surface area contributed by atoms with Crippen LogP contribution in [-0.2, 0) is 0 Å². The summed E-state index contributed by atoms with van der Waals surface area (Å²) in [5.41, 5.74) is 0.509. The van der Waals surface area contributed by atoms with E-state index in [2.05, 4.69) is 10.6 Å². The monoisotopic (exact) mass is 375 g/mol. The first-order valence-electron chi connectivity index (χ1n) is 9.81. The van der Waals surface area contributed by atoms with E-state index in [0.29, 0.717) is 44.0 Å². The number of carbonyl (C=O) groups excluding carboxylic acids is 2. The largest absolute Gasteiger partial charge is 0.493 e. The highest BCUT2D eigenvalue weighted by Crippen LogP contribution is 2.29. The molecule has 1 saturated carbocycles. The summed E-state index contributed by atoms with van der Waals surface area (Å²) in [6.45, 7) is 4.00. The number of aliphatic hydroxyl groups excluding tert-OH is 1. The number of nitrogens with zero attached hydrogens (tertiary/aromatic N) is 1. The minimum absolute atomic E-state index is 0.164. The first-order valence-corrected chi connectivity index (χ1v) is 9.81. The zero-order valence-electron chi connectivity index (χ0n) is 15.8. The third-order valence-electron chi connectivity index (χ3n) is 5.04. The summed E-state index contributed by atoms with van der Waals surface area (Å²) in [7, 11) is 0. The van der Waals surface area contributed by atoms with E-state index < -0.39 is 12.1 Å². The van der Waals surface area contributed by atoms with Crippen molar-refractivity contribution in [1.82, 2.24) is 15.5 Å². The summed E-state index contributed by atoms with van der Waals surface area (Å²) in [5.74, 6) is 1.18. The zero-order chi connectivity index (χ0) is 19.2. The maximum atomic E-state index is 12.6. The van der Waals surface area contributed by atoms with Gasteiger partial charge in [0.25, 0.3) is 5.91 Å². The molecule has 3 rings (SSSR count). The Balaban J connectivity index is 1.57. The first-order chi connectivity index (χ1) is 13.1. The van der Waals surface area contributed by atoms with Crippen molar-refractivity contribution in [3.05, 3.63) is 29.8 Å². The van der Waals surface area contributed by atoms with Gasteiger partial charge in [-0.25, -0.2) is 4.79 Å². The van der Waals surface area contributed by atoms with Gasteiger partial charge in [0.2, 0.25) is 0 Å². The van der Waals surface area contributed by atoms with Crippen molar-refractivity contribution < 1.29 is 19.4 Å². The van der Waals surface area contributed by atoms with Gasteiger partial charge in [-0.05, 0) is 62.8 Å². The van der Waals surface area contributed by atoms with Crippen molar-refractivity contribution in [2.45, 2.75) is 44.8 Å². The van der Waals surface area contributed by atoms with Crippen LogP contribution in [0.4, 0.5) is 4.79 Å². The second-order valence-corrected chi connectivity index (χ2v) is 7.35. The fourth-order valence-electron chi connectivity index (χ4n) is 3.19. The van der Waals surface area contributed by atoms with Gasteiger partial charge in [-0.3, -0.25) is 4.79 Å². The Morgan fingerprint density at radius 2 is 1.96 bits per heavy atom. The molecular formula is C20H29N3O4. The summed E-state index contributed by atoms with van der Waals surface area (Å²) in [6.07, 6.45) is 3.05. The molecule has 7 heteroatoms. The standard InChI is InChI=1S/C20H29N3O4/c1-2-21-20(26)23-11-3-4-18(24)17(12-23)22-19(25)15-7-9-16(10-8-15)27-13-14-5-6-14/h7-10,14,17-18,24H,2-6,11-13H2,1H3,(H,21,26)(H,22,25). The molecule has 1 heterocycles. The highest BCUT2D eigenvalue weighted by molar-refractivity contribution is 5.94. The lowest BCUT2D eigenvalue weighted by molar-refractivity contribution is 0.0809. The summed E-state index contributed by atoms with van der Waals surface area (Å²) in [6, 6.07) is 6.38. The number of carbonyl (C=O) groups is 2. The van der Waals surface area contributed by atoms with Gasteiger partial charge < -0.3 is 25.4 Å². The summed E-state index contributed by atoms with van der Waals surface area (Å²) < 4.78 is 5.69. The van der Waals surface area contributed by atoms with Crippen molar-refractivity contribution in [3.8, 4) is 5.75 Å². The molecule has 1 saturated heterocycles. The molecular weight excluding hydrogens is 346 g/mol. The van der Waals surface area contributed by atoms with Crippen LogP contribution < -0.4 is 15.4 Å². The molecule has 3 N–H and O–H groups in total. The molecule has 7 nitrogen and oxygen atoms in total. The SMILES string of the molecule is CCNC(=O)N1CCCC(O)C(NC(=O)c2ccc(OCC3CC3)cc2)C1. The molecule has 0 bridgehead atoms. The van der Waals surface area contributed by atoms with Crippen LogP contribution in [0.5, 0.6) is 5.75 Å². The van der Waals surface area contributed by atoms with E-state index in [9.17, 15) is 14.7 Å². The first kappa shape index (κ1) is 19.5. The normalized spacial score (nSPS) is 22.7. The third-order valence-corrected chi connectivity index (χ3v) is 5.04. The topological polar surface area (TPSA) is 90.9 Å². The number of hydrogen-bond acceptors (Lipinski definition) is 4. The fraction of sp³-hybridized carbons (Fsp3) is 0.600. The van der Waals surface area contributed by atoms with Crippen LogP contribution in [0.25, 0.3) is 0 Å². The predicted octanol–water partition coefficient (Wildman–Crippen LogP) is 1.76. The molecule has 1 aliphatic heterocycles. The van der Waals surface area contributed by atoms with Crippen molar-refractivity contribution >= 4 is 11.9 Å². The van der Waals surface area contributed by atoms with E-state index >= 15 is 0 Å². The zero-order valence-corrected chi connectivity index (χ0v) is 15.8. The van der Waals surface area contributed by atoms with Gasteiger partial charge in [-0.2, -0.15) is 0 Å². The maximum absolute atomic E-state index is 12.6. The molecule has 1 aromatic carbocycles. The van der Waals surface area contributed by atoms with Crippen LogP contribution >= 0.6 is 0 Å². The highest BCUT2D eigenvalue weighted by atomic mass is 16.5. The Morgan fingerprint density at radius 3 is 2.63 bits per heavy atom. The molecule has 2 unspecified atom stereocenters. The molecule has 1 aromatic rings. The molecule has 0 aromatic heterocycles. The number of aliphatic hydroxyl groups is 1. The average molecular weight is 375 g/mol. The Morgan fingerprint density at radius 1 is 1.22 bits per heavy atom. The van der Waals surface area contributed by atoms with Gasteiger partial charge in [0.15, 0.2) is 0 Å². The Bertz CT molecular complexity index is 645. The number of ether oxygens (including phenoxy) is 1. The Kier molecular flexibility index (Phi) is 6.55. The highest BCUT2D eigenvalue weighted by Gasteiger charge is 2.29. The number of amides is 3. The van der Waals surface area contributed by atoms with Crippen LogP contribution in [-0.4, -0.2) is 60.3 Å². The third kappa shape index (κ3) is 5.60. The van der Waals surface area contributed by atoms with Crippen molar-refractivity contribution in [3.63, 3.8) is 0 Å². The fourth-order valence-corrected chi connectivity index (χ4v) is 3.19. The molecule has 27 heavy (non-hydrogen) atoms. The lowest BCUT2D eigenvalue weighted by Gasteiger charge is -2.27. The molecule has 3 amide bonds. The number of hydrogen-bond donors (Lipinski definition) is 3. The average Bonchev–Trinajstić information content (AvgIpc) is 3.50. The van der Waals surface area contributed by atoms with Gasteiger partial charge in [-0.15, -0.1) is 0 Å². The van der Waals surface area contributed by atoms with E-state index in [1.54, 1.807) is 29.2 Å². The summed E-state index contributed by atoms with van der Waals surface area (Å²) >= 11 is 0. The minimum atomic E-state index is -0.672. The van der Waals surface area contributed by atoms with E-state index in [4.69, 9.17) is 4.74 Å². The number of likely N-dealkylation sites (tertiary alicyclic amines) is 1. The molecule has 0 radical (unpaired) electrons. The van der Waals surface area contributed by atoms with E-state index in [1.165, 1.54) is 12.8 Å². The van der Waals surface area contributed by atoms with Crippen LogP contribution in [0.2, 0.25) is 0 Å². The van der Waals surface area contributed by atoms with Crippen LogP contribution in [0.3, 0.4) is 0 Å². The van der Waals surface area contributed by atoms with E-state index in [0.717, 1.165) is 12.4 Å². The molecule has 0 spiro atoms.